The molecule has 1 saturated heterocycles. The third-order valence-electron chi connectivity index (χ3n) is 5.56. The molecule has 0 bridgehead atoms. The Morgan fingerprint density at radius 3 is 2.29 bits per heavy atom. The van der Waals surface area contributed by atoms with Crippen LogP contribution >= 0.6 is 0 Å². The first-order valence-electron chi connectivity index (χ1n) is 9.99. The summed E-state index contributed by atoms with van der Waals surface area (Å²) in [5.41, 5.74) is 2.87. The van der Waals surface area contributed by atoms with Gasteiger partial charge in [0.25, 0.3) is 0 Å². The van der Waals surface area contributed by atoms with Crippen molar-refractivity contribution in [2.24, 2.45) is 11.8 Å². The molecule has 1 aliphatic heterocycles. The molecule has 2 N–H and O–H groups in total. The molecule has 2 unspecified atom stereocenters. The lowest BCUT2D eigenvalue weighted by atomic mass is 10.0. The van der Waals surface area contributed by atoms with Crippen molar-refractivity contribution in [3.05, 3.63) is 29.3 Å². The van der Waals surface area contributed by atoms with Gasteiger partial charge in [0.15, 0.2) is 0 Å². The Kier molecular flexibility index (Phi) is 6.21. The molecule has 0 spiro atoms. The molecule has 2 atom stereocenters. The van der Waals surface area contributed by atoms with E-state index in [0.29, 0.717) is 39.0 Å². The summed E-state index contributed by atoms with van der Waals surface area (Å²) < 4.78 is 5.01. The van der Waals surface area contributed by atoms with Crippen LogP contribution in [0, 0.1) is 25.7 Å². The van der Waals surface area contributed by atoms with E-state index in [1.54, 1.807) is 11.8 Å². The minimum atomic E-state index is -0.294. The van der Waals surface area contributed by atoms with Crippen LogP contribution in [0.5, 0.6) is 0 Å². The van der Waals surface area contributed by atoms with Crippen molar-refractivity contribution in [2.45, 2.75) is 46.1 Å². The van der Waals surface area contributed by atoms with Gasteiger partial charge in [-0.2, -0.15) is 0 Å². The maximum absolute atomic E-state index is 12.5. The third kappa shape index (κ3) is 4.64. The van der Waals surface area contributed by atoms with Gasteiger partial charge in [0.05, 0.1) is 18.4 Å². The number of rotatable bonds is 5. The monoisotopic (exact) mass is 387 g/mol. The predicted octanol–water partition coefficient (Wildman–Crippen LogP) is 2.62. The molecule has 2 aliphatic rings. The molecule has 3 amide bonds. The van der Waals surface area contributed by atoms with Gasteiger partial charge in [-0.25, -0.2) is 4.79 Å². The molecule has 7 heteroatoms. The highest BCUT2D eigenvalue weighted by Crippen LogP contribution is 2.40. The maximum Gasteiger partial charge on any atom is 0.409 e. The number of hydrogen-bond donors (Lipinski definition) is 2. The van der Waals surface area contributed by atoms with Gasteiger partial charge in [-0.3, -0.25) is 9.59 Å². The van der Waals surface area contributed by atoms with E-state index in [1.807, 2.05) is 32.0 Å². The van der Waals surface area contributed by atoms with Crippen LogP contribution in [0.1, 0.15) is 37.3 Å². The average molecular weight is 387 g/mol. The predicted molar refractivity (Wildman–Crippen MR) is 106 cm³/mol. The van der Waals surface area contributed by atoms with Gasteiger partial charge in [-0.15, -0.1) is 0 Å². The molecule has 1 aliphatic carbocycles. The quantitative estimate of drug-likeness (QED) is 0.813. The topological polar surface area (TPSA) is 87.7 Å². The van der Waals surface area contributed by atoms with E-state index < -0.39 is 0 Å². The number of piperidine rings is 1. The summed E-state index contributed by atoms with van der Waals surface area (Å²) in [6.07, 6.45) is 1.70. The Morgan fingerprint density at radius 2 is 1.68 bits per heavy atom. The molecule has 1 aromatic carbocycles. The molecule has 0 aromatic heterocycles. The van der Waals surface area contributed by atoms with Gasteiger partial charge < -0.3 is 20.3 Å². The summed E-state index contributed by atoms with van der Waals surface area (Å²) in [5.74, 6) is -0.669. The van der Waals surface area contributed by atoms with Crippen molar-refractivity contribution < 1.29 is 19.1 Å². The molecular formula is C21H29N3O4. The van der Waals surface area contributed by atoms with E-state index in [9.17, 15) is 14.4 Å². The average Bonchev–Trinajstić information content (AvgIpc) is 3.46. The summed E-state index contributed by atoms with van der Waals surface area (Å²) in [6.45, 7) is 7.22. The maximum atomic E-state index is 12.5. The molecular weight excluding hydrogens is 358 g/mol. The number of anilines is 1. The van der Waals surface area contributed by atoms with Crippen LogP contribution in [0.2, 0.25) is 0 Å². The van der Waals surface area contributed by atoms with Crippen LogP contribution in [0.15, 0.2) is 18.2 Å². The van der Waals surface area contributed by atoms with Crippen LogP contribution in [-0.2, 0) is 14.3 Å². The lowest BCUT2D eigenvalue weighted by Gasteiger charge is -2.31. The fourth-order valence-electron chi connectivity index (χ4n) is 3.73. The second-order valence-corrected chi connectivity index (χ2v) is 7.67. The Balaban J connectivity index is 1.45. The first-order chi connectivity index (χ1) is 13.4. The second-order valence-electron chi connectivity index (χ2n) is 7.67. The first kappa shape index (κ1) is 20.2. The molecule has 1 saturated carbocycles. The molecule has 1 heterocycles. The molecule has 28 heavy (non-hydrogen) atoms. The number of hydrogen-bond acceptors (Lipinski definition) is 4. The highest BCUT2D eigenvalue weighted by Gasteiger charge is 2.48. The molecule has 2 fully saturated rings. The number of amides is 3. The fourth-order valence-corrected chi connectivity index (χ4v) is 3.73. The van der Waals surface area contributed by atoms with Crippen LogP contribution in [0.4, 0.5) is 10.5 Å². The van der Waals surface area contributed by atoms with E-state index in [1.165, 1.54) is 0 Å². The van der Waals surface area contributed by atoms with Gasteiger partial charge in [0, 0.05) is 24.8 Å². The Hall–Kier alpha value is -2.57. The molecule has 152 valence electrons. The van der Waals surface area contributed by atoms with E-state index in [0.717, 1.165) is 16.8 Å². The van der Waals surface area contributed by atoms with Crippen molar-refractivity contribution in [1.82, 2.24) is 10.2 Å². The Labute approximate surface area is 165 Å². The summed E-state index contributed by atoms with van der Waals surface area (Å²) in [6, 6.07) is 5.92. The lowest BCUT2D eigenvalue weighted by molar-refractivity contribution is -0.126. The minimum Gasteiger partial charge on any atom is -0.450 e. The van der Waals surface area contributed by atoms with E-state index in [-0.39, 0.29) is 35.8 Å². The number of nitrogens with one attached hydrogen (secondary N) is 2. The van der Waals surface area contributed by atoms with Crippen molar-refractivity contribution in [1.29, 1.82) is 0 Å². The SMILES string of the molecule is CCOC(=O)N1CCC(NC(=O)C2CC2C(=O)Nc2c(C)cccc2C)CC1. The van der Waals surface area contributed by atoms with Crippen LogP contribution in [0.3, 0.4) is 0 Å². The molecule has 0 radical (unpaired) electrons. The summed E-state index contributed by atoms with van der Waals surface area (Å²) in [7, 11) is 0. The number of aryl methyl sites for hydroxylation is 2. The number of carbonyl (C=O) groups excluding carboxylic acids is 3. The summed E-state index contributed by atoms with van der Waals surface area (Å²) >= 11 is 0. The van der Waals surface area contributed by atoms with Crippen molar-refractivity contribution in [3.63, 3.8) is 0 Å². The highest BCUT2D eigenvalue weighted by molar-refractivity contribution is 6.00. The fraction of sp³-hybridized carbons (Fsp3) is 0.571. The molecule has 1 aromatic rings. The zero-order valence-corrected chi connectivity index (χ0v) is 16.8. The van der Waals surface area contributed by atoms with Crippen molar-refractivity contribution >= 4 is 23.6 Å². The van der Waals surface area contributed by atoms with E-state index >= 15 is 0 Å². The second kappa shape index (κ2) is 8.63. The minimum absolute atomic E-state index is 0.0427. The number of ether oxygens (including phenoxy) is 1. The van der Waals surface area contributed by atoms with Gasteiger partial charge in [-0.1, -0.05) is 18.2 Å². The normalized spacial score (nSPS) is 21.8. The first-order valence-corrected chi connectivity index (χ1v) is 9.99. The van der Waals surface area contributed by atoms with Crippen molar-refractivity contribution in [3.8, 4) is 0 Å². The third-order valence-corrected chi connectivity index (χ3v) is 5.56. The lowest BCUT2D eigenvalue weighted by Crippen LogP contribution is -2.47. The van der Waals surface area contributed by atoms with Gasteiger partial charge in [-0.05, 0) is 51.2 Å². The number of likely N-dealkylation sites (tertiary alicyclic amines) is 1. The zero-order chi connectivity index (χ0) is 20.3. The van der Waals surface area contributed by atoms with Crippen LogP contribution < -0.4 is 10.6 Å². The Bertz CT molecular complexity index is 736. The van der Waals surface area contributed by atoms with Gasteiger partial charge in [0.2, 0.25) is 11.8 Å². The van der Waals surface area contributed by atoms with Crippen LogP contribution in [0.25, 0.3) is 0 Å². The van der Waals surface area contributed by atoms with Crippen molar-refractivity contribution in [2.75, 3.05) is 25.0 Å². The standard InChI is InChI=1S/C21H29N3O4/c1-4-28-21(27)24-10-8-15(9-11-24)22-19(25)16-12-17(16)20(26)23-18-13(2)6-5-7-14(18)3/h5-7,15-17H,4,8-12H2,1-3H3,(H,22,25)(H,23,26). The molecule has 7 nitrogen and oxygen atoms in total. The summed E-state index contributed by atoms with van der Waals surface area (Å²) in [4.78, 5) is 38.4. The number of benzene rings is 1. The largest absolute Gasteiger partial charge is 0.450 e. The van der Waals surface area contributed by atoms with Gasteiger partial charge >= 0.3 is 6.09 Å². The summed E-state index contributed by atoms with van der Waals surface area (Å²) in [5, 5.41) is 6.03. The highest BCUT2D eigenvalue weighted by atomic mass is 16.6. The number of nitrogens with zero attached hydrogens (tertiary/aromatic N) is 1. The smallest absolute Gasteiger partial charge is 0.409 e. The van der Waals surface area contributed by atoms with Crippen LogP contribution in [-0.4, -0.2) is 48.5 Å². The Morgan fingerprint density at radius 1 is 1.07 bits per heavy atom. The number of para-hydroxylation sites is 1. The van der Waals surface area contributed by atoms with E-state index in [4.69, 9.17) is 4.74 Å². The van der Waals surface area contributed by atoms with Gasteiger partial charge in [0.1, 0.15) is 0 Å². The number of carbonyl (C=O) groups is 3. The molecule has 3 rings (SSSR count). The zero-order valence-electron chi connectivity index (χ0n) is 16.8. The van der Waals surface area contributed by atoms with E-state index in [2.05, 4.69) is 10.6 Å².